The van der Waals surface area contributed by atoms with Gasteiger partial charge in [0.25, 0.3) is 5.91 Å². The van der Waals surface area contributed by atoms with Crippen molar-refractivity contribution in [2.45, 2.75) is 19.6 Å². The third-order valence-electron chi connectivity index (χ3n) is 4.61. The molecule has 3 rings (SSSR count). The molecule has 0 bridgehead atoms. The fourth-order valence-corrected chi connectivity index (χ4v) is 3.31. The molecule has 0 aliphatic carbocycles. The van der Waals surface area contributed by atoms with Crippen LogP contribution in [0.25, 0.3) is 0 Å². The topological polar surface area (TPSA) is 50.6 Å². The summed E-state index contributed by atoms with van der Waals surface area (Å²) in [4.78, 5) is 17.1. The molecule has 1 aliphatic rings. The van der Waals surface area contributed by atoms with Crippen molar-refractivity contribution in [1.82, 2.24) is 19.6 Å². The van der Waals surface area contributed by atoms with E-state index in [2.05, 4.69) is 10.00 Å². The molecule has 1 aliphatic heterocycles. The molecule has 0 radical (unpaired) electrons. The Hall–Kier alpha value is -2.25. The third kappa shape index (κ3) is 4.47. The van der Waals surface area contributed by atoms with E-state index in [1.807, 2.05) is 24.1 Å². The van der Waals surface area contributed by atoms with Crippen LogP contribution in [-0.4, -0.2) is 58.8 Å². The zero-order valence-electron chi connectivity index (χ0n) is 15.3. The predicted octanol–water partition coefficient (Wildman–Crippen LogP) is 2.05. The van der Waals surface area contributed by atoms with Crippen molar-refractivity contribution >= 4 is 5.91 Å². The molecule has 1 amide bonds. The Morgan fingerprint density at radius 2 is 1.96 bits per heavy atom. The van der Waals surface area contributed by atoms with Crippen LogP contribution in [0.3, 0.4) is 0 Å². The Labute approximate surface area is 153 Å². The van der Waals surface area contributed by atoms with Crippen LogP contribution in [-0.2, 0) is 24.9 Å². The van der Waals surface area contributed by atoms with Gasteiger partial charge in [-0.25, -0.2) is 4.39 Å². The van der Waals surface area contributed by atoms with E-state index in [-0.39, 0.29) is 11.7 Å². The summed E-state index contributed by atoms with van der Waals surface area (Å²) >= 11 is 0. The van der Waals surface area contributed by atoms with Crippen molar-refractivity contribution in [1.29, 1.82) is 0 Å². The number of methoxy groups -OCH3 is 1. The predicted molar refractivity (Wildman–Crippen MR) is 96.1 cm³/mol. The van der Waals surface area contributed by atoms with Crippen molar-refractivity contribution in [2.75, 3.05) is 33.3 Å². The van der Waals surface area contributed by atoms with Crippen LogP contribution in [0.4, 0.5) is 4.39 Å². The van der Waals surface area contributed by atoms with Crippen LogP contribution in [0, 0.1) is 5.82 Å². The van der Waals surface area contributed by atoms with E-state index in [0.717, 1.165) is 38.2 Å². The minimum Gasteiger partial charge on any atom is -0.378 e. The minimum absolute atomic E-state index is 0.00813. The van der Waals surface area contributed by atoms with E-state index in [1.54, 1.807) is 18.0 Å². The molecule has 0 spiro atoms. The highest BCUT2D eigenvalue weighted by Crippen LogP contribution is 2.15. The molecule has 0 saturated carbocycles. The average Bonchev–Trinajstić information content (AvgIpc) is 2.84. The van der Waals surface area contributed by atoms with Crippen molar-refractivity contribution in [3.05, 3.63) is 53.1 Å². The van der Waals surface area contributed by atoms with Crippen LogP contribution >= 0.6 is 0 Å². The highest BCUT2D eigenvalue weighted by atomic mass is 19.1. The maximum Gasteiger partial charge on any atom is 0.257 e. The molecule has 1 aromatic carbocycles. The molecule has 140 valence electrons. The molecule has 1 aromatic heterocycles. The highest BCUT2D eigenvalue weighted by Gasteiger charge is 2.24. The third-order valence-corrected chi connectivity index (χ3v) is 4.61. The van der Waals surface area contributed by atoms with E-state index in [9.17, 15) is 9.18 Å². The normalized spacial score (nSPS) is 15.9. The number of amides is 1. The first kappa shape index (κ1) is 18.5. The lowest BCUT2D eigenvalue weighted by atomic mass is 10.2. The molecule has 0 unspecified atom stereocenters. The number of carbonyl (C=O) groups excluding carboxylic acids is 1. The number of hydrogen-bond acceptors (Lipinski definition) is 4. The second-order valence-corrected chi connectivity index (χ2v) is 6.64. The lowest BCUT2D eigenvalue weighted by molar-refractivity contribution is 0.0756. The Morgan fingerprint density at radius 3 is 2.69 bits per heavy atom. The number of aryl methyl sites for hydroxylation is 1. The van der Waals surface area contributed by atoms with Crippen LogP contribution < -0.4 is 0 Å². The van der Waals surface area contributed by atoms with Gasteiger partial charge in [-0.1, -0.05) is 12.1 Å². The molecule has 1 saturated heterocycles. The Morgan fingerprint density at radius 1 is 1.19 bits per heavy atom. The van der Waals surface area contributed by atoms with Gasteiger partial charge in [0.1, 0.15) is 11.5 Å². The summed E-state index contributed by atoms with van der Waals surface area (Å²) in [6, 6.07) is 6.61. The summed E-state index contributed by atoms with van der Waals surface area (Å²) in [6.45, 7) is 4.19. The molecule has 6 nitrogen and oxygen atoms in total. The number of halogens is 1. The largest absolute Gasteiger partial charge is 0.378 e. The Balaban J connectivity index is 1.63. The quantitative estimate of drug-likeness (QED) is 0.819. The summed E-state index contributed by atoms with van der Waals surface area (Å²) in [5, 5.41) is 4.32. The summed E-state index contributed by atoms with van der Waals surface area (Å²) in [5.41, 5.74) is 2.37. The lowest BCUT2D eigenvalue weighted by Crippen LogP contribution is -2.35. The van der Waals surface area contributed by atoms with E-state index < -0.39 is 0 Å². The molecular formula is C19H25FN4O2. The highest BCUT2D eigenvalue weighted by molar-refractivity contribution is 5.95. The maximum absolute atomic E-state index is 13.0. The summed E-state index contributed by atoms with van der Waals surface area (Å²) in [7, 11) is 3.41. The van der Waals surface area contributed by atoms with Gasteiger partial charge in [-0.15, -0.1) is 0 Å². The Bertz CT molecular complexity index is 744. The van der Waals surface area contributed by atoms with Gasteiger partial charge in [-0.2, -0.15) is 5.10 Å². The zero-order valence-corrected chi connectivity index (χ0v) is 15.3. The minimum atomic E-state index is -0.218. The maximum atomic E-state index is 13.0. The van der Waals surface area contributed by atoms with Crippen molar-refractivity contribution in [3.63, 3.8) is 0 Å². The molecular weight excluding hydrogens is 335 g/mol. The number of aromatic nitrogens is 2. The van der Waals surface area contributed by atoms with Crippen LogP contribution in [0.2, 0.25) is 0 Å². The number of rotatable bonds is 5. The monoisotopic (exact) mass is 360 g/mol. The average molecular weight is 360 g/mol. The van der Waals surface area contributed by atoms with Gasteiger partial charge in [0, 0.05) is 53.1 Å². The zero-order chi connectivity index (χ0) is 18.5. The molecule has 2 aromatic rings. The van der Waals surface area contributed by atoms with Crippen molar-refractivity contribution in [2.24, 2.45) is 7.05 Å². The van der Waals surface area contributed by atoms with Gasteiger partial charge in [0.15, 0.2) is 0 Å². The van der Waals surface area contributed by atoms with Crippen molar-refractivity contribution in [3.8, 4) is 0 Å². The van der Waals surface area contributed by atoms with Gasteiger partial charge in [0.05, 0.1) is 12.2 Å². The van der Waals surface area contributed by atoms with Gasteiger partial charge in [-0.05, 0) is 24.1 Å². The van der Waals surface area contributed by atoms with Crippen molar-refractivity contribution < 1.29 is 13.9 Å². The van der Waals surface area contributed by atoms with Crippen LogP contribution in [0.5, 0.6) is 0 Å². The first-order valence-electron chi connectivity index (χ1n) is 8.84. The molecule has 0 atom stereocenters. The second kappa shape index (κ2) is 8.42. The second-order valence-electron chi connectivity index (χ2n) is 6.64. The van der Waals surface area contributed by atoms with Gasteiger partial charge >= 0.3 is 0 Å². The van der Waals surface area contributed by atoms with Gasteiger partial charge < -0.3 is 9.64 Å². The van der Waals surface area contributed by atoms with E-state index in [1.165, 1.54) is 12.1 Å². The Kier molecular flexibility index (Phi) is 6.00. The fourth-order valence-electron chi connectivity index (χ4n) is 3.31. The molecule has 7 heteroatoms. The van der Waals surface area contributed by atoms with Crippen LogP contribution in [0.15, 0.2) is 30.5 Å². The standard InChI is InChI=1S/C19H25FN4O2/c1-22-13-17(18(21-22)14-26-2)19(25)24-9-3-8-23(10-11-24)12-15-4-6-16(20)7-5-15/h4-7,13H,3,8-12,14H2,1-2H3. The number of ether oxygens (including phenoxy) is 1. The number of carbonyl (C=O) groups is 1. The molecule has 1 fully saturated rings. The molecule has 0 N–H and O–H groups in total. The first-order valence-corrected chi connectivity index (χ1v) is 8.84. The number of hydrogen-bond donors (Lipinski definition) is 0. The number of nitrogens with zero attached hydrogens (tertiary/aromatic N) is 4. The molecule has 2 heterocycles. The van der Waals surface area contributed by atoms with E-state index in [4.69, 9.17) is 4.74 Å². The van der Waals surface area contributed by atoms with Gasteiger partial charge in [-0.3, -0.25) is 14.4 Å². The summed E-state index contributed by atoms with van der Waals surface area (Å²) in [6.07, 6.45) is 2.67. The van der Waals surface area contributed by atoms with Gasteiger partial charge in [0.2, 0.25) is 0 Å². The lowest BCUT2D eigenvalue weighted by Gasteiger charge is -2.22. The summed E-state index contributed by atoms with van der Waals surface area (Å²) in [5.74, 6) is -0.210. The number of benzene rings is 1. The first-order chi connectivity index (χ1) is 12.6. The molecule has 26 heavy (non-hydrogen) atoms. The SMILES string of the molecule is COCc1nn(C)cc1C(=O)N1CCCN(Cc2ccc(F)cc2)CC1. The van der Waals surface area contributed by atoms with E-state index >= 15 is 0 Å². The smallest absolute Gasteiger partial charge is 0.257 e. The summed E-state index contributed by atoms with van der Waals surface area (Å²) < 4.78 is 19.9. The van der Waals surface area contributed by atoms with Crippen LogP contribution in [0.1, 0.15) is 28.0 Å². The fraction of sp³-hybridized carbons (Fsp3) is 0.474. The van der Waals surface area contributed by atoms with E-state index in [0.29, 0.717) is 24.4 Å².